The molecule has 0 radical (unpaired) electrons. The molecular weight excluding hydrogens is 233 g/mol. The Morgan fingerprint density at radius 2 is 2.07 bits per heavy atom. The third-order valence-electron chi connectivity index (χ3n) is 1.45. The summed E-state index contributed by atoms with van der Waals surface area (Å²) in [6.45, 7) is 1.88. The molecule has 0 fully saturated rings. The summed E-state index contributed by atoms with van der Waals surface area (Å²) in [7, 11) is 0. The fourth-order valence-corrected chi connectivity index (χ4v) is 1.02. The van der Waals surface area contributed by atoms with Crippen molar-refractivity contribution >= 4 is 11.6 Å². The molecule has 1 rings (SSSR count). The zero-order chi connectivity index (χ0) is 11.5. The van der Waals surface area contributed by atoms with Crippen LogP contribution in [0.5, 0.6) is 5.88 Å². The maximum absolute atomic E-state index is 12.3. The first-order valence-corrected chi connectivity index (χ1v) is 4.64. The second-order valence-corrected chi connectivity index (χ2v) is 2.84. The first-order valence-electron chi connectivity index (χ1n) is 4.11. The first-order chi connectivity index (χ1) is 6.97. The van der Waals surface area contributed by atoms with Crippen molar-refractivity contribution in [1.29, 1.82) is 0 Å². The van der Waals surface area contributed by atoms with Gasteiger partial charge in [-0.05, 0) is 6.92 Å². The van der Waals surface area contributed by atoms with E-state index >= 15 is 0 Å². The van der Waals surface area contributed by atoms with Crippen LogP contribution in [0.1, 0.15) is 18.4 Å². The minimum atomic E-state index is -4.52. The van der Waals surface area contributed by atoms with Gasteiger partial charge in [-0.15, -0.1) is 11.6 Å². The summed E-state index contributed by atoms with van der Waals surface area (Å²) in [4.78, 5) is 6.95. The Bertz CT molecular complexity index is 343. The van der Waals surface area contributed by atoms with Gasteiger partial charge in [-0.3, -0.25) is 0 Å². The summed E-state index contributed by atoms with van der Waals surface area (Å²) < 4.78 is 41.9. The van der Waals surface area contributed by atoms with Crippen LogP contribution in [0, 0.1) is 0 Å². The molecule has 3 nitrogen and oxygen atoms in total. The molecule has 0 bridgehead atoms. The van der Waals surface area contributed by atoms with E-state index in [1.165, 1.54) is 0 Å². The topological polar surface area (TPSA) is 35.0 Å². The van der Waals surface area contributed by atoms with E-state index in [-0.39, 0.29) is 24.2 Å². The van der Waals surface area contributed by atoms with Gasteiger partial charge in [0.1, 0.15) is 5.82 Å². The summed E-state index contributed by atoms with van der Waals surface area (Å²) >= 11 is 5.37. The zero-order valence-corrected chi connectivity index (χ0v) is 8.56. The number of hydrogen-bond acceptors (Lipinski definition) is 3. The molecule has 84 valence electrons. The number of ether oxygens (including phenoxy) is 1. The molecule has 7 heteroatoms. The quantitative estimate of drug-likeness (QED) is 0.762. The largest absolute Gasteiger partial charge is 0.478 e. The third kappa shape index (κ3) is 3.23. The van der Waals surface area contributed by atoms with Crippen LogP contribution in [0.25, 0.3) is 0 Å². The van der Waals surface area contributed by atoms with E-state index in [1.807, 2.05) is 0 Å². The molecule has 0 aliphatic heterocycles. The van der Waals surface area contributed by atoms with Gasteiger partial charge in [0.05, 0.1) is 12.5 Å². The number of hydrogen-bond donors (Lipinski definition) is 0. The molecule has 0 spiro atoms. The van der Waals surface area contributed by atoms with Gasteiger partial charge < -0.3 is 4.74 Å². The molecule has 0 aliphatic carbocycles. The molecule has 0 unspecified atom stereocenters. The van der Waals surface area contributed by atoms with Gasteiger partial charge >= 0.3 is 6.18 Å². The van der Waals surface area contributed by atoms with Crippen molar-refractivity contribution in [1.82, 2.24) is 9.97 Å². The van der Waals surface area contributed by atoms with Crippen molar-refractivity contribution < 1.29 is 17.9 Å². The molecule has 0 aromatic carbocycles. The van der Waals surface area contributed by atoms with Crippen molar-refractivity contribution in [2.75, 3.05) is 6.61 Å². The lowest BCUT2D eigenvalue weighted by atomic mass is 10.4. The van der Waals surface area contributed by atoms with Crippen LogP contribution in [0.3, 0.4) is 0 Å². The Balaban J connectivity index is 3.11. The van der Waals surface area contributed by atoms with Crippen molar-refractivity contribution in [2.24, 2.45) is 0 Å². The summed E-state index contributed by atoms with van der Waals surface area (Å²) in [6.07, 6.45) is -4.52. The average Bonchev–Trinajstić information content (AvgIpc) is 2.16. The van der Waals surface area contributed by atoms with Gasteiger partial charge in [-0.2, -0.15) is 18.2 Å². The van der Waals surface area contributed by atoms with Crippen molar-refractivity contribution in [3.8, 4) is 5.88 Å². The van der Waals surface area contributed by atoms with Gasteiger partial charge in [-0.25, -0.2) is 4.98 Å². The summed E-state index contributed by atoms with van der Waals surface area (Å²) in [6, 6.07) is 0.750. The SMILES string of the molecule is CCOc1cc(C(F)(F)F)nc(CCl)n1. The Kier molecular flexibility index (Phi) is 3.73. The first kappa shape index (κ1) is 12.0. The highest BCUT2D eigenvalue weighted by molar-refractivity contribution is 6.16. The van der Waals surface area contributed by atoms with Crippen LogP contribution in [0.4, 0.5) is 13.2 Å². The van der Waals surface area contributed by atoms with E-state index < -0.39 is 11.9 Å². The van der Waals surface area contributed by atoms with Gasteiger partial charge in [-0.1, -0.05) is 0 Å². The number of halogens is 4. The fraction of sp³-hybridized carbons (Fsp3) is 0.500. The Hall–Kier alpha value is -1.04. The summed E-state index contributed by atoms with van der Waals surface area (Å²) in [5, 5.41) is 0. The van der Waals surface area contributed by atoms with E-state index in [0.29, 0.717) is 0 Å². The molecule has 1 heterocycles. The normalized spacial score (nSPS) is 11.5. The third-order valence-corrected chi connectivity index (χ3v) is 1.69. The van der Waals surface area contributed by atoms with E-state index in [4.69, 9.17) is 16.3 Å². The number of alkyl halides is 4. The Morgan fingerprint density at radius 1 is 1.40 bits per heavy atom. The van der Waals surface area contributed by atoms with Crippen LogP contribution < -0.4 is 4.74 Å². The average molecular weight is 241 g/mol. The maximum atomic E-state index is 12.3. The second-order valence-electron chi connectivity index (χ2n) is 2.57. The van der Waals surface area contributed by atoms with Crippen LogP contribution >= 0.6 is 11.6 Å². The van der Waals surface area contributed by atoms with Gasteiger partial charge in [0.2, 0.25) is 5.88 Å². The number of nitrogens with zero attached hydrogens (tertiary/aromatic N) is 2. The molecule has 0 saturated heterocycles. The second kappa shape index (κ2) is 4.65. The lowest BCUT2D eigenvalue weighted by Crippen LogP contribution is -2.11. The molecule has 0 N–H and O–H groups in total. The highest BCUT2D eigenvalue weighted by atomic mass is 35.5. The molecule has 0 saturated carbocycles. The van der Waals surface area contributed by atoms with Crippen LogP contribution in [-0.4, -0.2) is 16.6 Å². The van der Waals surface area contributed by atoms with E-state index in [2.05, 4.69) is 9.97 Å². The molecule has 0 amide bonds. The Labute approximate surface area is 89.2 Å². The van der Waals surface area contributed by atoms with Crippen LogP contribution in [0.15, 0.2) is 6.07 Å². The zero-order valence-electron chi connectivity index (χ0n) is 7.81. The smallest absolute Gasteiger partial charge is 0.433 e. The van der Waals surface area contributed by atoms with E-state index in [9.17, 15) is 13.2 Å². The van der Waals surface area contributed by atoms with Crippen molar-refractivity contribution in [2.45, 2.75) is 19.0 Å². The molecule has 15 heavy (non-hydrogen) atoms. The van der Waals surface area contributed by atoms with E-state index in [1.54, 1.807) is 6.92 Å². The van der Waals surface area contributed by atoms with Gasteiger partial charge in [0.15, 0.2) is 5.69 Å². The maximum Gasteiger partial charge on any atom is 0.433 e. The lowest BCUT2D eigenvalue weighted by molar-refractivity contribution is -0.141. The monoisotopic (exact) mass is 240 g/mol. The fourth-order valence-electron chi connectivity index (χ4n) is 0.900. The Morgan fingerprint density at radius 3 is 2.53 bits per heavy atom. The standard InChI is InChI=1S/C8H8ClF3N2O/c1-2-15-7-3-5(8(10,11)12)13-6(4-9)14-7/h3H,2,4H2,1H3. The minimum Gasteiger partial charge on any atom is -0.478 e. The highest BCUT2D eigenvalue weighted by Gasteiger charge is 2.33. The van der Waals surface area contributed by atoms with Gasteiger partial charge in [0, 0.05) is 6.07 Å². The van der Waals surface area contributed by atoms with Crippen LogP contribution in [0.2, 0.25) is 0 Å². The summed E-state index contributed by atoms with van der Waals surface area (Å²) in [5.74, 6) is -0.408. The van der Waals surface area contributed by atoms with Crippen molar-refractivity contribution in [3.05, 3.63) is 17.6 Å². The van der Waals surface area contributed by atoms with Crippen LogP contribution in [-0.2, 0) is 12.1 Å². The predicted octanol–water partition coefficient (Wildman–Crippen LogP) is 2.63. The summed E-state index contributed by atoms with van der Waals surface area (Å²) in [5.41, 5.74) is -1.04. The number of aromatic nitrogens is 2. The molecular formula is C8H8ClF3N2O. The minimum absolute atomic E-state index is 0.102. The van der Waals surface area contributed by atoms with Crippen molar-refractivity contribution in [3.63, 3.8) is 0 Å². The lowest BCUT2D eigenvalue weighted by Gasteiger charge is -2.09. The highest BCUT2D eigenvalue weighted by Crippen LogP contribution is 2.29. The molecule has 0 aliphatic rings. The number of rotatable bonds is 3. The van der Waals surface area contributed by atoms with Gasteiger partial charge in [0.25, 0.3) is 0 Å². The predicted molar refractivity (Wildman–Crippen MR) is 47.8 cm³/mol. The molecule has 1 aromatic rings. The molecule has 1 aromatic heterocycles. The van der Waals surface area contributed by atoms with E-state index in [0.717, 1.165) is 6.07 Å². The molecule has 0 atom stereocenters.